The van der Waals surface area contributed by atoms with E-state index in [-0.39, 0.29) is 0 Å². The molecule has 1 N–H and O–H groups in total. The van der Waals surface area contributed by atoms with Crippen molar-refractivity contribution in [1.29, 1.82) is 0 Å². The molecule has 0 saturated carbocycles. The number of nitrogens with zero attached hydrogens (tertiary/aromatic N) is 3. The molecule has 2 rings (SSSR count). The third-order valence-electron chi connectivity index (χ3n) is 2.53. The summed E-state index contributed by atoms with van der Waals surface area (Å²) < 4.78 is 0. The van der Waals surface area contributed by atoms with Gasteiger partial charge in [0.1, 0.15) is 0 Å². The van der Waals surface area contributed by atoms with Crippen LogP contribution in [-0.2, 0) is 0 Å². The fourth-order valence-corrected chi connectivity index (χ4v) is 1.70. The summed E-state index contributed by atoms with van der Waals surface area (Å²) in [4.78, 5) is 10.9. The lowest BCUT2D eigenvalue weighted by atomic mass is 10.3. The molecule has 1 aliphatic rings. The first-order chi connectivity index (χ1) is 7.90. The molecular weight excluding hydrogens is 200 g/mol. The maximum absolute atomic E-state index is 4.33. The van der Waals surface area contributed by atoms with E-state index in [1.807, 2.05) is 7.05 Å². The Bertz CT molecular complexity index is 382. The van der Waals surface area contributed by atoms with E-state index < -0.39 is 0 Å². The van der Waals surface area contributed by atoms with Gasteiger partial charge in [0.15, 0.2) is 0 Å². The van der Waals surface area contributed by atoms with Crippen LogP contribution in [0, 0.1) is 11.8 Å². The molecule has 1 aromatic rings. The zero-order valence-corrected chi connectivity index (χ0v) is 9.53. The smallest absolute Gasteiger partial charge is 0.225 e. The van der Waals surface area contributed by atoms with E-state index in [1.54, 1.807) is 12.4 Å². The number of rotatable bonds is 2. The molecule has 0 radical (unpaired) electrons. The average molecular weight is 216 g/mol. The van der Waals surface area contributed by atoms with Crippen LogP contribution in [0.15, 0.2) is 12.4 Å². The fraction of sp³-hybridized carbons (Fsp3) is 0.500. The molecule has 0 atom stereocenters. The van der Waals surface area contributed by atoms with Crippen molar-refractivity contribution < 1.29 is 0 Å². The SMILES string of the molecule is CNCC#Cc1cnc(N2CCCC2)nc1. The second kappa shape index (κ2) is 5.47. The summed E-state index contributed by atoms with van der Waals surface area (Å²) in [7, 11) is 1.88. The molecule has 0 amide bonds. The Balaban J connectivity index is 2.02. The highest BCUT2D eigenvalue weighted by atomic mass is 15.3. The molecule has 0 spiro atoms. The first-order valence-corrected chi connectivity index (χ1v) is 5.60. The molecule has 0 unspecified atom stereocenters. The first kappa shape index (κ1) is 10.9. The minimum Gasteiger partial charge on any atom is -0.341 e. The summed E-state index contributed by atoms with van der Waals surface area (Å²) in [6.45, 7) is 2.84. The molecule has 0 aliphatic carbocycles. The normalized spacial score (nSPS) is 14.7. The zero-order chi connectivity index (χ0) is 11.2. The second-order valence-corrected chi connectivity index (χ2v) is 3.80. The van der Waals surface area contributed by atoms with Crippen molar-refractivity contribution in [1.82, 2.24) is 15.3 Å². The Morgan fingerprint density at radius 3 is 2.62 bits per heavy atom. The molecule has 1 aromatic heterocycles. The van der Waals surface area contributed by atoms with Gasteiger partial charge >= 0.3 is 0 Å². The van der Waals surface area contributed by atoms with E-state index in [9.17, 15) is 0 Å². The van der Waals surface area contributed by atoms with Crippen LogP contribution in [0.5, 0.6) is 0 Å². The van der Waals surface area contributed by atoms with Crippen LogP contribution >= 0.6 is 0 Å². The standard InChI is InChI=1S/C12H16N4/c1-13-6-4-5-11-9-14-12(15-10-11)16-7-2-3-8-16/h9-10,13H,2-3,6-8H2,1H3. The number of hydrogen-bond acceptors (Lipinski definition) is 4. The van der Waals surface area contributed by atoms with Gasteiger partial charge in [0, 0.05) is 25.5 Å². The number of aromatic nitrogens is 2. The number of anilines is 1. The van der Waals surface area contributed by atoms with Gasteiger partial charge < -0.3 is 10.2 Å². The topological polar surface area (TPSA) is 41.1 Å². The molecule has 1 fully saturated rings. The van der Waals surface area contributed by atoms with E-state index in [2.05, 4.69) is 32.0 Å². The quantitative estimate of drug-likeness (QED) is 0.737. The van der Waals surface area contributed by atoms with Crippen molar-refractivity contribution in [3.8, 4) is 11.8 Å². The monoisotopic (exact) mass is 216 g/mol. The van der Waals surface area contributed by atoms with Crippen LogP contribution < -0.4 is 10.2 Å². The van der Waals surface area contributed by atoms with E-state index in [1.165, 1.54) is 12.8 Å². The lowest BCUT2D eigenvalue weighted by Crippen LogP contribution is -2.20. The summed E-state index contributed by atoms with van der Waals surface area (Å²) in [5, 5.41) is 2.97. The Morgan fingerprint density at radius 2 is 2.00 bits per heavy atom. The summed E-state index contributed by atoms with van der Waals surface area (Å²) >= 11 is 0. The molecule has 16 heavy (non-hydrogen) atoms. The third kappa shape index (κ3) is 2.71. The lowest BCUT2D eigenvalue weighted by molar-refractivity contribution is 0.897. The molecule has 2 heterocycles. The highest BCUT2D eigenvalue weighted by molar-refractivity contribution is 5.36. The Hall–Kier alpha value is -1.60. The number of nitrogens with one attached hydrogen (secondary N) is 1. The molecule has 1 saturated heterocycles. The van der Waals surface area contributed by atoms with Crippen LogP contribution in [0.2, 0.25) is 0 Å². The van der Waals surface area contributed by atoms with E-state index in [0.717, 1.165) is 24.6 Å². The zero-order valence-electron chi connectivity index (χ0n) is 9.53. The van der Waals surface area contributed by atoms with Gasteiger partial charge in [-0.05, 0) is 19.9 Å². The van der Waals surface area contributed by atoms with Crippen molar-refractivity contribution in [2.24, 2.45) is 0 Å². The summed E-state index contributed by atoms with van der Waals surface area (Å²) in [5.74, 6) is 6.82. The number of hydrogen-bond donors (Lipinski definition) is 1. The second-order valence-electron chi connectivity index (χ2n) is 3.80. The predicted molar refractivity (Wildman–Crippen MR) is 64.3 cm³/mol. The fourth-order valence-electron chi connectivity index (χ4n) is 1.70. The summed E-state index contributed by atoms with van der Waals surface area (Å²) in [6.07, 6.45) is 6.08. The van der Waals surface area contributed by atoms with Crippen LogP contribution in [0.25, 0.3) is 0 Å². The van der Waals surface area contributed by atoms with Gasteiger partial charge in [-0.3, -0.25) is 0 Å². The van der Waals surface area contributed by atoms with Gasteiger partial charge in [0.2, 0.25) is 5.95 Å². The Labute approximate surface area is 96.1 Å². The molecule has 1 aliphatic heterocycles. The first-order valence-electron chi connectivity index (χ1n) is 5.60. The molecular formula is C12H16N4. The third-order valence-corrected chi connectivity index (χ3v) is 2.53. The van der Waals surface area contributed by atoms with Crippen molar-refractivity contribution in [2.45, 2.75) is 12.8 Å². The minimum absolute atomic E-state index is 0.688. The van der Waals surface area contributed by atoms with Gasteiger partial charge in [-0.15, -0.1) is 0 Å². The Morgan fingerprint density at radius 1 is 1.31 bits per heavy atom. The van der Waals surface area contributed by atoms with Gasteiger partial charge in [0.05, 0.1) is 12.1 Å². The molecule has 84 valence electrons. The molecule has 4 nitrogen and oxygen atoms in total. The highest BCUT2D eigenvalue weighted by Gasteiger charge is 2.13. The van der Waals surface area contributed by atoms with Gasteiger partial charge in [-0.2, -0.15) is 0 Å². The van der Waals surface area contributed by atoms with E-state index in [4.69, 9.17) is 0 Å². The highest BCUT2D eigenvalue weighted by Crippen LogP contribution is 2.14. The maximum Gasteiger partial charge on any atom is 0.225 e. The average Bonchev–Trinajstić information content (AvgIpc) is 2.84. The minimum atomic E-state index is 0.688. The largest absolute Gasteiger partial charge is 0.341 e. The van der Waals surface area contributed by atoms with Crippen LogP contribution in [-0.4, -0.2) is 36.6 Å². The van der Waals surface area contributed by atoms with Crippen molar-refractivity contribution in [2.75, 3.05) is 31.6 Å². The van der Waals surface area contributed by atoms with E-state index in [0.29, 0.717) is 6.54 Å². The van der Waals surface area contributed by atoms with Crippen LogP contribution in [0.3, 0.4) is 0 Å². The van der Waals surface area contributed by atoms with Crippen molar-refractivity contribution in [3.05, 3.63) is 18.0 Å². The summed E-state index contributed by atoms with van der Waals surface area (Å²) in [6, 6.07) is 0. The van der Waals surface area contributed by atoms with Gasteiger partial charge in [-0.25, -0.2) is 9.97 Å². The predicted octanol–water partition coefficient (Wildman–Crippen LogP) is 0.648. The van der Waals surface area contributed by atoms with E-state index >= 15 is 0 Å². The van der Waals surface area contributed by atoms with Crippen LogP contribution in [0.1, 0.15) is 18.4 Å². The Kier molecular flexibility index (Phi) is 3.73. The van der Waals surface area contributed by atoms with Gasteiger partial charge in [-0.1, -0.05) is 11.8 Å². The lowest BCUT2D eigenvalue weighted by Gasteiger charge is -2.13. The molecule has 0 aromatic carbocycles. The van der Waals surface area contributed by atoms with Crippen molar-refractivity contribution in [3.63, 3.8) is 0 Å². The maximum atomic E-state index is 4.33. The molecule has 4 heteroatoms. The van der Waals surface area contributed by atoms with Gasteiger partial charge in [0.25, 0.3) is 0 Å². The summed E-state index contributed by atoms with van der Waals surface area (Å²) in [5.41, 5.74) is 0.873. The van der Waals surface area contributed by atoms with Crippen molar-refractivity contribution >= 4 is 5.95 Å². The molecule has 0 bridgehead atoms. The van der Waals surface area contributed by atoms with Crippen LogP contribution in [0.4, 0.5) is 5.95 Å².